The number of hydrogen-bond donors (Lipinski definition) is 3. The molecule has 1 aromatic rings. The first-order valence-electron chi connectivity index (χ1n) is 11.7. The number of alkyl carbamates (subject to hydrolysis) is 1. The number of ether oxygens (including phenoxy) is 3. The summed E-state index contributed by atoms with van der Waals surface area (Å²) in [5.41, 5.74) is -0.489. The average molecular weight is 527 g/mol. The van der Waals surface area contributed by atoms with Crippen LogP contribution in [0.15, 0.2) is 18.2 Å². The maximum absolute atomic E-state index is 12.4. The number of hydrogen-bond acceptors (Lipinski definition) is 9. The number of nitrogens with one attached hydrogen (secondary N) is 1. The number of nitro groups is 1. The summed E-state index contributed by atoms with van der Waals surface area (Å²) >= 11 is 0. The molecule has 2 atom stereocenters. The number of benzene rings is 1. The molecule has 0 fully saturated rings. The van der Waals surface area contributed by atoms with Gasteiger partial charge in [0.15, 0.2) is 5.75 Å². The number of carbonyl (C=O) groups is 4. The lowest BCUT2D eigenvalue weighted by atomic mass is 9.99. The van der Waals surface area contributed by atoms with Gasteiger partial charge in [0, 0.05) is 18.9 Å². The average Bonchev–Trinajstić information content (AvgIpc) is 2.77. The Bertz CT molecular complexity index is 972. The zero-order chi connectivity index (χ0) is 28.2. The van der Waals surface area contributed by atoms with E-state index in [1.807, 2.05) is 20.8 Å². The highest BCUT2D eigenvalue weighted by molar-refractivity contribution is 5.81. The largest absolute Gasteiger partial charge is 0.483 e. The monoisotopic (exact) mass is 526 g/mol. The number of amides is 1. The molecule has 0 aliphatic heterocycles. The number of rotatable bonds is 15. The lowest BCUT2D eigenvalue weighted by Crippen LogP contribution is -2.44. The molecular weight excluding hydrogens is 492 g/mol. The van der Waals surface area contributed by atoms with Crippen molar-refractivity contribution in [2.45, 2.75) is 71.9 Å². The minimum Gasteiger partial charge on any atom is -0.483 e. The van der Waals surface area contributed by atoms with E-state index in [1.165, 1.54) is 12.1 Å². The van der Waals surface area contributed by atoms with Gasteiger partial charge in [-0.05, 0) is 36.8 Å². The summed E-state index contributed by atoms with van der Waals surface area (Å²) in [6, 6.07) is 2.67. The Morgan fingerprint density at radius 2 is 1.78 bits per heavy atom. The highest BCUT2D eigenvalue weighted by Gasteiger charge is 2.27. The number of carbonyl (C=O) groups excluding carboxylic acids is 2. The van der Waals surface area contributed by atoms with E-state index in [0.29, 0.717) is 5.56 Å². The lowest BCUT2D eigenvalue weighted by molar-refractivity contribution is -0.386. The Hall–Kier alpha value is -3.90. The fourth-order valence-corrected chi connectivity index (χ4v) is 3.13. The van der Waals surface area contributed by atoms with Crippen LogP contribution in [0.4, 0.5) is 10.5 Å². The quantitative estimate of drug-likeness (QED) is 0.172. The molecule has 1 rings (SSSR count). The van der Waals surface area contributed by atoms with E-state index in [-0.39, 0.29) is 50.1 Å². The third-order valence-electron chi connectivity index (χ3n) is 4.77. The predicted octanol–water partition coefficient (Wildman–Crippen LogP) is 3.32. The van der Waals surface area contributed by atoms with Crippen molar-refractivity contribution in [2.75, 3.05) is 13.2 Å². The van der Waals surface area contributed by atoms with Crippen molar-refractivity contribution >= 4 is 29.7 Å². The molecule has 13 nitrogen and oxygen atoms in total. The van der Waals surface area contributed by atoms with Gasteiger partial charge in [-0.25, -0.2) is 9.59 Å². The highest BCUT2D eigenvalue weighted by atomic mass is 16.6. The van der Waals surface area contributed by atoms with Gasteiger partial charge in [-0.3, -0.25) is 19.7 Å². The molecule has 3 N–H and O–H groups in total. The second kappa shape index (κ2) is 14.6. The van der Waals surface area contributed by atoms with Crippen molar-refractivity contribution in [1.29, 1.82) is 0 Å². The summed E-state index contributed by atoms with van der Waals surface area (Å²) in [7, 11) is 0. The minimum absolute atomic E-state index is 0.0494. The van der Waals surface area contributed by atoms with Crippen molar-refractivity contribution in [2.24, 2.45) is 5.41 Å². The molecule has 13 heteroatoms. The Balaban J connectivity index is 3.10. The first kappa shape index (κ1) is 31.1. The normalized spacial score (nSPS) is 12.6. The summed E-state index contributed by atoms with van der Waals surface area (Å²) in [4.78, 5) is 57.5. The Kier molecular flexibility index (Phi) is 12.3. The van der Waals surface area contributed by atoms with Crippen molar-refractivity contribution in [3.63, 3.8) is 0 Å². The molecule has 0 bridgehead atoms. The van der Waals surface area contributed by atoms with E-state index in [9.17, 15) is 29.3 Å². The van der Waals surface area contributed by atoms with Crippen molar-refractivity contribution in [1.82, 2.24) is 5.32 Å². The number of nitro benzene ring substituents is 1. The molecule has 0 radical (unpaired) electrons. The van der Waals surface area contributed by atoms with Crippen LogP contribution in [0.5, 0.6) is 5.75 Å². The topological polar surface area (TPSA) is 192 Å². The van der Waals surface area contributed by atoms with E-state index >= 15 is 0 Å². The molecule has 1 aromatic carbocycles. The van der Waals surface area contributed by atoms with Crippen molar-refractivity contribution in [3.05, 3.63) is 33.9 Å². The van der Waals surface area contributed by atoms with Gasteiger partial charge in [-0.15, -0.1) is 0 Å². The molecular formula is C24H34N2O11. The molecule has 0 unspecified atom stereocenters. The lowest BCUT2D eigenvalue weighted by Gasteiger charge is -2.21. The number of esters is 1. The first-order valence-corrected chi connectivity index (χ1v) is 11.7. The minimum atomic E-state index is -1.21. The molecule has 0 aliphatic carbocycles. The van der Waals surface area contributed by atoms with Crippen molar-refractivity contribution in [3.8, 4) is 5.75 Å². The summed E-state index contributed by atoms with van der Waals surface area (Å²) in [5.74, 6) is -3.23. The Morgan fingerprint density at radius 1 is 1.11 bits per heavy atom. The zero-order valence-corrected chi connectivity index (χ0v) is 21.4. The Morgan fingerprint density at radius 3 is 2.32 bits per heavy atom. The Labute approximate surface area is 214 Å². The number of aliphatic carboxylic acids is 2. The van der Waals surface area contributed by atoms with E-state index in [4.69, 9.17) is 24.4 Å². The smallest absolute Gasteiger partial charge is 0.407 e. The maximum Gasteiger partial charge on any atom is 0.407 e. The van der Waals surface area contributed by atoms with Gasteiger partial charge in [0.05, 0.1) is 24.6 Å². The summed E-state index contributed by atoms with van der Waals surface area (Å²) in [5, 5.41) is 32.1. The second-order valence-corrected chi connectivity index (χ2v) is 9.47. The molecule has 0 spiro atoms. The molecule has 206 valence electrons. The van der Waals surface area contributed by atoms with Crippen LogP contribution in [-0.2, 0) is 30.3 Å². The van der Waals surface area contributed by atoms with Gasteiger partial charge in [0.25, 0.3) is 0 Å². The molecule has 0 heterocycles. The molecule has 0 saturated carbocycles. The summed E-state index contributed by atoms with van der Waals surface area (Å²) < 4.78 is 15.7. The molecule has 0 saturated heterocycles. The van der Waals surface area contributed by atoms with Gasteiger partial charge in [0.1, 0.15) is 12.1 Å². The molecule has 0 aliphatic rings. The first-order chi connectivity index (χ1) is 17.2. The summed E-state index contributed by atoms with van der Waals surface area (Å²) in [6.07, 6.45) is -2.50. The van der Waals surface area contributed by atoms with Crippen LogP contribution in [-0.4, -0.2) is 64.5 Å². The second-order valence-electron chi connectivity index (χ2n) is 9.47. The van der Waals surface area contributed by atoms with E-state index in [2.05, 4.69) is 5.32 Å². The number of nitrogens with zero attached hydrogens (tertiary/aromatic N) is 1. The van der Waals surface area contributed by atoms with Gasteiger partial charge < -0.3 is 29.7 Å². The van der Waals surface area contributed by atoms with Crippen LogP contribution >= 0.6 is 0 Å². The highest BCUT2D eigenvalue weighted by Crippen LogP contribution is 2.31. The van der Waals surface area contributed by atoms with Crippen molar-refractivity contribution < 1.29 is 48.5 Å². The van der Waals surface area contributed by atoms with Crippen LogP contribution < -0.4 is 10.1 Å². The zero-order valence-electron chi connectivity index (χ0n) is 21.4. The van der Waals surface area contributed by atoms with Crippen LogP contribution in [0.3, 0.4) is 0 Å². The van der Waals surface area contributed by atoms with Crippen LogP contribution in [0.1, 0.15) is 58.9 Å². The van der Waals surface area contributed by atoms with Crippen LogP contribution in [0.2, 0.25) is 0 Å². The van der Waals surface area contributed by atoms with Gasteiger partial charge >= 0.3 is 29.7 Å². The van der Waals surface area contributed by atoms with Gasteiger partial charge in [-0.1, -0.05) is 26.8 Å². The molecule has 1 amide bonds. The van der Waals surface area contributed by atoms with E-state index in [1.54, 1.807) is 6.92 Å². The molecule has 0 aromatic heterocycles. The van der Waals surface area contributed by atoms with Crippen LogP contribution in [0, 0.1) is 15.5 Å². The standard InChI is InChI=1S/C24H34N2O11/c1-5-35-22(31)17(25-23(32)36-14-24(2,3)4)11-15-9-10-19(18(12-15)26(33)34)37-16(13-21(29)30)7-6-8-20(27)28/h9-10,12,16-17H,5-8,11,13-14H2,1-4H3,(H,25,32)(H,27,28)(H,29,30)/t16-,17+/m1/s1. The number of carboxylic acid groups (broad SMARTS) is 2. The third kappa shape index (κ3) is 12.6. The van der Waals surface area contributed by atoms with E-state index < -0.39 is 53.2 Å². The predicted molar refractivity (Wildman–Crippen MR) is 129 cm³/mol. The third-order valence-corrected chi connectivity index (χ3v) is 4.77. The maximum atomic E-state index is 12.4. The van der Waals surface area contributed by atoms with Gasteiger partial charge in [0.2, 0.25) is 0 Å². The van der Waals surface area contributed by atoms with E-state index in [0.717, 1.165) is 6.07 Å². The fraction of sp³-hybridized carbons (Fsp3) is 0.583. The van der Waals surface area contributed by atoms with Crippen LogP contribution in [0.25, 0.3) is 0 Å². The number of carboxylic acids is 2. The van der Waals surface area contributed by atoms with Gasteiger partial charge in [-0.2, -0.15) is 0 Å². The molecule has 37 heavy (non-hydrogen) atoms. The summed E-state index contributed by atoms with van der Waals surface area (Å²) in [6.45, 7) is 7.31. The SMILES string of the molecule is CCOC(=O)[C@H](Cc1ccc(O[C@H](CCCC(=O)O)CC(=O)O)c([N+](=O)[O-])c1)NC(=O)OCC(C)(C)C. The fourth-order valence-electron chi connectivity index (χ4n) is 3.13.